The summed E-state index contributed by atoms with van der Waals surface area (Å²) in [6, 6.07) is 11.5. The molecule has 0 unspecified atom stereocenters. The number of benzene rings is 2. The number of carbonyl (C=O) groups is 1. The van der Waals surface area contributed by atoms with E-state index in [1.807, 2.05) is 28.7 Å². The van der Waals surface area contributed by atoms with Crippen molar-refractivity contribution in [3.8, 4) is 17.2 Å². The molecule has 0 heterocycles. The summed E-state index contributed by atoms with van der Waals surface area (Å²) in [6.07, 6.45) is 0. The van der Waals surface area contributed by atoms with Crippen LogP contribution in [-0.2, 0) is 4.79 Å². The van der Waals surface area contributed by atoms with Crippen LogP contribution in [0.1, 0.15) is 9.49 Å². The molecule has 122 valence electrons. The van der Waals surface area contributed by atoms with Gasteiger partial charge in [-0.3, -0.25) is 0 Å². The summed E-state index contributed by atoms with van der Waals surface area (Å²) < 4.78 is 4.76. The Kier molecular flexibility index (Phi) is 9.04. The molecule has 0 amide bonds. The molecule has 2 rings (SSSR count). The zero-order chi connectivity index (χ0) is 17.2. The number of nitrogens with two attached hydrogens (primary N) is 1. The van der Waals surface area contributed by atoms with Crippen molar-refractivity contribution in [3.05, 3.63) is 51.6 Å². The van der Waals surface area contributed by atoms with E-state index in [1.165, 1.54) is 12.1 Å². The van der Waals surface area contributed by atoms with Crippen LogP contribution in [0.3, 0.4) is 0 Å². The number of ether oxygens (including phenoxy) is 1. The summed E-state index contributed by atoms with van der Waals surface area (Å²) in [5.41, 5.74) is 6.68. The molecule has 0 radical (unpaired) electrons. The van der Waals surface area contributed by atoms with Crippen LogP contribution in [0.5, 0.6) is 17.2 Å². The second kappa shape index (κ2) is 9.55. The Labute approximate surface area is 202 Å². The fourth-order valence-corrected chi connectivity index (χ4v) is 3.41. The van der Waals surface area contributed by atoms with Crippen molar-refractivity contribution >= 4 is 73.7 Å². The minimum absolute atomic E-state index is 0. The zero-order valence-electron chi connectivity index (χ0n) is 12.5. The molecule has 0 bridgehead atoms. The number of alkyl halides is 2. The van der Waals surface area contributed by atoms with Gasteiger partial charge >= 0.3 is 35.5 Å². The van der Waals surface area contributed by atoms with Gasteiger partial charge in [-0.1, -0.05) is 40.8 Å². The van der Waals surface area contributed by atoms with Crippen molar-refractivity contribution in [2.75, 3.05) is 0 Å². The number of rotatable bonds is 5. The summed E-state index contributed by atoms with van der Waals surface area (Å²) in [6.45, 7) is 0. The molecule has 0 saturated carbocycles. The van der Waals surface area contributed by atoms with Gasteiger partial charge in [-0.2, -0.15) is 0 Å². The number of halogens is 3. The molecule has 2 atom stereocenters. The number of carboxylic acid groups (broad SMARTS) is 1. The topological polar surface area (TPSA) is 95.6 Å². The third-order valence-corrected chi connectivity index (χ3v) is 7.82. The fraction of sp³-hybridized carbons (Fsp3) is 0.133. The number of hydrogen-bond acceptors (Lipinski definition) is 4. The van der Waals surface area contributed by atoms with Gasteiger partial charge in [0.05, 0.1) is 7.49 Å². The molecule has 3 N–H and O–H groups in total. The smallest absolute Gasteiger partial charge is 0.872 e. The standard InChI is InChI=1S/C15H12I3NO4.Na/c16-11-7-8(13(17)15(18,19)14(21)22)1-6-12(11)23-10-4-2-9(20)3-5-10;/h1-7,13,20H,19H2,(H,21,22);/q;+1/p-1/t13-,15+;/m0./s1. The third-order valence-electron chi connectivity index (χ3n) is 3.00. The van der Waals surface area contributed by atoms with E-state index in [-0.39, 0.29) is 35.3 Å². The third kappa shape index (κ3) is 5.58. The van der Waals surface area contributed by atoms with E-state index in [0.717, 1.165) is 9.13 Å². The number of aliphatic carboxylic acids is 1. The Morgan fingerprint density at radius 3 is 2.33 bits per heavy atom. The summed E-state index contributed by atoms with van der Waals surface area (Å²) in [7, 11) is 0. The Bertz CT molecular complexity index is 725. The van der Waals surface area contributed by atoms with E-state index < -0.39 is 13.4 Å². The van der Waals surface area contributed by atoms with Crippen molar-refractivity contribution in [3.63, 3.8) is 0 Å². The molecule has 0 aliphatic rings. The van der Waals surface area contributed by atoms with E-state index in [0.29, 0.717) is 11.5 Å². The van der Waals surface area contributed by atoms with E-state index in [1.54, 1.807) is 46.9 Å². The van der Waals surface area contributed by atoms with Gasteiger partial charge in [0.25, 0.3) is 0 Å². The summed E-state index contributed by atoms with van der Waals surface area (Å²) in [4.78, 5) is 11.3. The van der Waals surface area contributed by atoms with Crippen LogP contribution >= 0.6 is 67.8 Å². The number of hydrogen-bond donors (Lipinski definition) is 2. The van der Waals surface area contributed by atoms with Crippen LogP contribution in [0.25, 0.3) is 0 Å². The van der Waals surface area contributed by atoms with Gasteiger partial charge in [-0.15, -0.1) is 5.75 Å². The first-order chi connectivity index (χ1) is 10.7. The zero-order valence-corrected chi connectivity index (χ0v) is 21.0. The average Bonchev–Trinajstić information content (AvgIpc) is 2.50. The minimum atomic E-state index is -1.40. The first kappa shape index (κ1) is 22.7. The predicted molar refractivity (Wildman–Crippen MR) is 110 cm³/mol. The Morgan fingerprint density at radius 1 is 1.25 bits per heavy atom. The van der Waals surface area contributed by atoms with Gasteiger partial charge in [0.1, 0.15) is 11.5 Å². The molecule has 0 fully saturated rings. The second-order valence-electron chi connectivity index (χ2n) is 4.70. The molecule has 0 saturated heterocycles. The fourth-order valence-electron chi connectivity index (χ4n) is 1.74. The Hall–Kier alpha value is 0.660. The largest absolute Gasteiger partial charge is 1.00 e. The van der Waals surface area contributed by atoms with Crippen molar-refractivity contribution < 1.29 is 49.3 Å². The quantitative estimate of drug-likeness (QED) is 0.212. The van der Waals surface area contributed by atoms with Crippen molar-refractivity contribution in [2.45, 2.75) is 7.47 Å². The Morgan fingerprint density at radius 2 is 1.83 bits per heavy atom. The van der Waals surface area contributed by atoms with Crippen LogP contribution in [0.15, 0.2) is 42.5 Å². The van der Waals surface area contributed by atoms with Crippen LogP contribution < -0.4 is 45.1 Å². The van der Waals surface area contributed by atoms with Crippen molar-refractivity contribution in [1.82, 2.24) is 0 Å². The Balaban J connectivity index is 0.00000288. The average molecular weight is 673 g/mol. The first-order valence-corrected chi connectivity index (χ1v) is 9.71. The van der Waals surface area contributed by atoms with Crippen LogP contribution in [0.4, 0.5) is 0 Å². The van der Waals surface area contributed by atoms with Crippen LogP contribution in [-0.4, -0.2) is 14.6 Å². The van der Waals surface area contributed by atoms with E-state index in [2.05, 4.69) is 22.6 Å². The SMILES string of the molecule is N[C@@](I)(C(=O)O)[C@@H](I)c1ccc(Oc2ccc([O-])cc2)c(I)c1.[Na+]. The molecule has 0 spiro atoms. The van der Waals surface area contributed by atoms with Gasteiger partial charge in [-0.05, 0) is 75.0 Å². The molecule has 2 aromatic rings. The molecular weight excluding hydrogens is 662 g/mol. The van der Waals surface area contributed by atoms with Crippen LogP contribution in [0, 0.1) is 3.57 Å². The van der Waals surface area contributed by atoms with Gasteiger partial charge < -0.3 is 20.7 Å². The summed E-state index contributed by atoms with van der Waals surface area (Å²) in [5.74, 6) is 0.0487. The van der Waals surface area contributed by atoms with Gasteiger partial charge in [-0.25, -0.2) is 4.79 Å². The van der Waals surface area contributed by atoms with Crippen molar-refractivity contribution in [2.24, 2.45) is 5.73 Å². The van der Waals surface area contributed by atoms with Gasteiger partial charge in [0, 0.05) is 0 Å². The normalized spacial score (nSPS) is 14.2. The summed E-state index contributed by atoms with van der Waals surface area (Å²) >= 11 is 5.89. The molecule has 0 aliphatic heterocycles. The van der Waals surface area contributed by atoms with Crippen LogP contribution in [0.2, 0.25) is 0 Å². The minimum Gasteiger partial charge on any atom is -0.872 e. The van der Waals surface area contributed by atoms with E-state index in [4.69, 9.17) is 10.5 Å². The monoisotopic (exact) mass is 673 g/mol. The second-order valence-corrected chi connectivity index (χ2v) is 8.89. The molecule has 0 aliphatic carbocycles. The molecular formula is C15H11I3NNaO4. The number of carboxylic acids is 1. The maximum atomic E-state index is 11.3. The van der Waals surface area contributed by atoms with Gasteiger partial charge in [0.15, 0.2) is 3.55 Å². The molecule has 9 heteroatoms. The maximum Gasteiger partial charge on any atom is 1.00 e. The maximum absolute atomic E-state index is 11.3. The van der Waals surface area contributed by atoms with E-state index in [9.17, 15) is 15.0 Å². The molecule has 5 nitrogen and oxygen atoms in total. The predicted octanol–water partition coefficient (Wildman–Crippen LogP) is 0.812. The molecule has 2 aromatic carbocycles. The molecule has 0 aromatic heterocycles. The van der Waals surface area contributed by atoms with Crippen molar-refractivity contribution in [1.29, 1.82) is 0 Å². The van der Waals surface area contributed by atoms with E-state index >= 15 is 0 Å². The molecule has 24 heavy (non-hydrogen) atoms. The van der Waals surface area contributed by atoms with Gasteiger partial charge in [0.2, 0.25) is 0 Å². The summed E-state index contributed by atoms with van der Waals surface area (Å²) in [5, 5.41) is 20.3. The first-order valence-electron chi connectivity index (χ1n) is 6.31.